The average molecular weight is 311 g/mol. The Labute approximate surface area is 135 Å². The summed E-state index contributed by atoms with van der Waals surface area (Å²) in [5, 5.41) is 2.17. The second-order valence-corrected chi connectivity index (χ2v) is 7.38. The van der Waals surface area contributed by atoms with Gasteiger partial charge in [0.1, 0.15) is 0 Å². The molecule has 22 heavy (non-hydrogen) atoms. The largest absolute Gasteiger partial charge is 0.331 e. The van der Waals surface area contributed by atoms with Crippen molar-refractivity contribution in [2.45, 2.75) is 38.1 Å². The number of rotatable bonds is 2. The molecule has 0 saturated heterocycles. The second-order valence-electron chi connectivity index (χ2n) is 6.38. The maximum atomic E-state index is 13.0. The molecule has 1 aliphatic heterocycles. The highest BCUT2D eigenvalue weighted by atomic mass is 32.1. The van der Waals surface area contributed by atoms with E-state index in [2.05, 4.69) is 40.6 Å². The fourth-order valence-electron chi connectivity index (χ4n) is 3.96. The highest BCUT2D eigenvalue weighted by Crippen LogP contribution is 2.39. The van der Waals surface area contributed by atoms with Gasteiger partial charge in [-0.1, -0.05) is 43.2 Å². The Kier molecular flexibility index (Phi) is 3.75. The summed E-state index contributed by atoms with van der Waals surface area (Å²) >= 11 is 1.83. The average Bonchev–Trinajstić information content (AvgIpc) is 3.25. The van der Waals surface area contributed by atoms with Crippen LogP contribution in [0.4, 0.5) is 0 Å². The van der Waals surface area contributed by atoms with Crippen LogP contribution in [0.15, 0.2) is 41.8 Å². The monoisotopic (exact) mass is 311 g/mol. The number of carbonyl (C=O) groups is 1. The maximum Gasteiger partial charge on any atom is 0.226 e. The molecule has 2 aromatic rings. The lowest BCUT2D eigenvalue weighted by atomic mass is 9.91. The standard InChI is InChI=1S/C19H21NOS/c21-19(15-8-4-5-9-15)20-12-10-17-16(11-13-22-17)18(20)14-6-2-1-3-7-14/h1-3,6-7,11,13,15,18H,4-5,8-10,12H2. The van der Waals surface area contributed by atoms with Gasteiger partial charge in [0.15, 0.2) is 0 Å². The summed E-state index contributed by atoms with van der Waals surface area (Å²) in [5.41, 5.74) is 2.59. The Hall–Kier alpha value is -1.61. The van der Waals surface area contributed by atoms with Crippen LogP contribution in [0.2, 0.25) is 0 Å². The van der Waals surface area contributed by atoms with Crippen LogP contribution in [0.1, 0.15) is 47.7 Å². The van der Waals surface area contributed by atoms with Gasteiger partial charge < -0.3 is 4.90 Å². The summed E-state index contributed by atoms with van der Waals surface area (Å²) in [7, 11) is 0. The Morgan fingerprint density at radius 3 is 2.64 bits per heavy atom. The molecule has 4 rings (SSSR count). The fourth-order valence-corrected chi connectivity index (χ4v) is 4.86. The van der Waals surface area contributed by atoms with E-state index < -0.39 is 0 Å². The summed E-state index contributed by atoms with van der Waals surface area (Å²) in [6.07, 6.45) is 5.59. The Morgan fingerprint density at radius 2 is 1.86 bits per heavy atom. The van der Waals surface area contributed by atoms with Crippen LogP contribution >= 0.6 is 11.3 Å². The summed E-state index contributed by atoms with van der Waals surface area (Å²) in [5.74, 6) is 0.634. The summed E-state index contributed by atoms with van der Waals surface area (Å²) in [4.78, 5) is 16.6. The van der Waals surface area contributed by atoms with Gasteiger partial charge >= 0.3 is 0 Å². The van der Waals surface area contributed by atoms with Crippen molar-refractivity contribution in [2.75, 3.05) is 6.54 Å². The van der Waals surface area contributed by atoms with E-state index in [-0.39, 0.29) is 12.0 Å². The van der Waals surface area contributed by atoms with Gasteiger partial charge in [-0.2, -0.15) is 0 Å². The van der Waals surface area contributed by atoms with Crippen LogP contribution in [0.5, 0.6) is 0 Å². The first kappa shape index (κ1) is 14.0. The molecule has 3 heteroatoms. The van der Waals surface area contributed by atoms with Gasteiger partial charge in [0.2, 0.25) is 5.91 Å². The minimum Gasteiger partial charge on any atom is -0.331 e. The molecular weight excluding hydrogens is 290 g/mol. The Balaban J connectivity index is 1.72. The molecular formula is C19H21NOS. The van der Waals surface area contributed by atoms with Crippen molar-refractivity contribution in [3.8, 4) is 0 Å². The number of amides is 1. The van der Waals surface area contributed by atoms with Crippen molar-refractivity contribution in [3.63, 3.8) is 0 Å². The zero-order valence-electron chi connectivity index (χ0n) is 12.7. The van der Waals surface area contributed by atoms with Crippen LogP contribution in [0.25, 0.3) is 0 Å². The molecule has 1 unspecified atom stereocenters. The van der Waals surface area contributed by atoms with E-state index >= 15 is 0 Å². The smallest absolute Gasteiger partial charge is 0.226 e. The van der Waals surface area contributed by atoms with Gasteiger partial charge in [-0.25, -0.2) is 0 Å². The molecule has 2 nitrogen and oxygen atoms in total. The van der Waals surface area contributed by atoms with E-state index in [9.17, 15) is 4.79 Å². The quantitative estimate of drug-likeness (QED) is 0.804. The van der Waals surface area contributed by atoms with Gasteiger partial charge in [0, 0.05) is 17.3 Å². The molecule has 0 spiro atoms. The number of carbonyl (C=O) groups excluding carboxylic acids is 1. The first-order valence-electron chi connectivity index (χ1n) is 8.26. The van der Waals surface area contributed by atoms with E-state index in [0.717, 1.165) is 25.8 Å². The minimum atomic E-state index is 0.115. The van der Waals surface area contributed by atoms with Crippen molar-refractivity contribution in [2.24, 2.45) is 5.92 Å². The van der Waals surface area contributed by atoms with Crippen LogP contribution in [-0.4, -0.2) is 17.4 Å². The maximum absolute atomic E-state index is 13.0. The molecule has 2 heterocycles. The molecule has 1 aromatic carbocycles. The molecule has 1 aliphatic carbocycles. The molecule has 1 aromatic heterocycles. The van der Waals surface area contributed by atoms with E-state index in [1.54, 1.807) is 0 Å². The van der Waals surface area contributed by atoms with E-state index in [1.807, 2.05) is 17.4 Å². The predicted octanol–water partition coefficient (Wildman–Crippen LogP) is 4.41. The van der Waals surface area contributed by atoms with Gasteiger partial charge in [-0.15, -0.1) is 11.3 Å². The second kappa shape index (κ2) is 5.88. The highest BCUT2D eigenvalue weighted by molar-refractivity contribution is 7.10. The van der Waals surface area contributed by atoms with E-state index in [0.29, 0.717) is 5.91 Å². The fraction of sp³-hybridized carbons (Fsp3) is 0.421. The number of benzene rings is 1. The minimum absolute atomic E-state index is 0.115. The van der Waals surface area contributed by atoms with Crippen molar-refractivity contribution in [1.29, 1.82) is 0 Å². The number of fused-ring (bicyclic) bond motifs is 1. The molecule has 2 aliphatic rings. The van der Waals surface area contributed by atoms with Crippen LogP contribution in [-0.2, 0) is 11.2 Å². The zero-order valence-corrected chi connectivity index (χ0v) is 13.5. The molecule has 1 amide bonds. The molecule has 1 fully saturated rings. The lowest BCUT2D eigenvalue weighted by Crippen LogP contribution is -2.42. The summed E-state index contributed by atoms with van der Waals surface area (Å²) < 4.78 is 0. The molecule has 114 valence electrons. The lowest BCUT2D eigenvalue weighted by molar-refractivity contribution is -0.137. The molecule has 0 N–H and O–H groups in total. The third kappa shape index (κ3) is 2.38. The normalized spacial score (nSPS) is 21.8. The van der Waals surface area contributed by atoms with Crippen LogP contribution in [0.3, 0.4) is 0 Å². The third-order valence-electron chi connectivity index (χ3n) is 5.07. The van der Waals surface area contributed by atoms with Gasteiger partial charge in [0.05, 0.1) is 6.04 Å². The van der Waals surface area contributed by atoms with Crippen molar-refractivity contribution in [1.82, 2.24) is 4.90 Å². The number of nitrogens with zero attached hydrogens (tertiary/aromatic N) is 1. The highest BCUT2D eigenvalue weighted by Gasteiger charge is 2.36. The molecule has 0 bridgehead atoms. The summed E-state index contributed by atoms with van der Waals surface area (Å²) in [6, 6.07) is 12.8. The first-order valence-corrected chi connectivity index (χ1v) is 9.14. The third-order valence-corrected chi connectivity index (χ3v) is 6.07. The SMILES string of the molecule is O=C(C1CCCC1)N1CCc2sccc2C1c1ccccc1. The lowest BCUT2D eigenvalue weighted by Gasteiger charge is -2.37. The predicted molar refractivity (Wildman–Crippen MR) is 90.0 cm³/mol. The Morgan fingerprint density at radius 1 is 1.09 bits per heavy atom. The van der Waals surface area contributed by atoms with Crippen molar-refractivity contribution >= 4 is 17.2 Å². The first-order chi connectivity index (χ1) is 10.8. The van der Waals surface area contributed by atoms with Crippen molar-refractivity contribution < 1.29 is 4.79 Å². The Bertz CT molecular complexity index is 657. The zero-order chi connectivity index (χ0) is 14.9. The van der Waals surface area contributed by atoms with Crippen molar-refractivity contribution in [3.05, 3.63) is 57.8 Å². The topological polar surface area (TPSA) is 20.3 Å². The van der Waals surface area contributed by atoms with Gasteiger partial charge in [-0.3, -0.25) is 4.79 Å². The molecule has 1 atom stereocenters. The van der Waals surface area contributed by atoms with Crippen LogP contribution < -0.4 is 0 Å². The van der Waals surface area contributed by atoms with Gasteiger partial charge in [-0.05, 0) is 41.8 Å². The van der Waals surface area contributed by atoms with Gasteiger partial charge in [0.25, 0.3) is 0 Å². The van der Waals surface area contributed by atoms with Crippen LogP contribution in [0, 0.1) is 5.92 Å². The molecule has 0 radical (unpaired) electrons. The number of thiophene rings is 1. The molecule has 1 saturated carbocycles. The van der Waals surface area contributed by atoms with E-state index in [4.69, 9.17) is 0 Å². The number of hydrogen-bond acceptors (Lipinski definition) is 2. The number of hydrogen-bond donors (Lipinski definition) is 0. The summed E-state index contributed by atoms with van der Waals surface area (Å²) in [6.45, 7) is 0.863. The van der Waals surface area contributed by atoms with E-state index in [1.165, 1.54) is 28.8 Å².